The van der Waals surface area contributed by atoms with Gasteiger partial charge >= 0.3 is 0 Å². The summed E-state index contributed by atoms with van der Waals surface area (Å²) in [5.74, 6) is 1.24. The van der Waals surface area contributed by atoms with Crippen LogP contribution in [0.3, 0.4) is 0 Å². The molecule has 124 valence electrons. The van der Waals surface area contributed by atoms with Crippen molar-refractivity contribution in [3.8, 4) is 0 Å². The van der Waals surface area contributed by atoms with Crippen molar-refractivity contribution in [2.24, 2.45) is 0 Å². The molecule has 24 heavy (non-hydrogen) atoms. The van der Waals surface area contributed by atoms with Gasteiger partial charge in [-0.25, -0.2) is 0 Å². The Labute approximate surface area is 139 Å². The lowest BCUT2D eigenvalue weighted by Gasteiger charge is -2.25. The fourth-order valence-electron chi connectivity index (χ4n) is 3.53. The highest BCUT2D eigenvalue weighted by molar-refractivity contribution is 6.04. The fourth-order valence-corrected chi connectivity index (χ4v) is 3.53. The zero-order valence-corrected chi connectivity index (χ0v) is 13.5. The van der Waals surface area contributed by atoms with Gasteiger partial charge < -0.3 is 15.2 Å². The molecule has 0 saturated heterocycles. The summed E-state index contributed by atoms with van der Waals surface area (Å²) in [5.41, 5.74) is 1.71. The number of hydrogen-bond acceptors (Lipinski definition) is 4. The zero-order valence-electron chi connectivity index (χ0n) is 13.5. The van der Waals surface area contributed by atoms with Crippen LogP contribution < -0.4 is 10.6 Å². The van der Waals surface area contributed by atoms with Gasteiger partial charge in [-0.15, -0.1) is 10.2 Å². The van der Waals surface area contributed by atoms with Crippen LogP contribution in [-0.4, -0.2) is 32.6 Å². The van der Waals surface area contributed by atoms with Crippen LogP contribution in [0.15, 0.2) is 24.3 Å². The number of benzene rings is 1. The highest BCUT2D eigenvalue weighted by Gasteiger charge is 2.32. The molecule has 1 aromatic heterocycles. The minimum atomic E-state index is -0.406. The molecular weight excluding hydrogens is 306 g/mol. The van der Waals surface area contributed by atoms with Gasteiger partial charge in [-0.3, -0.25) is 9.59 Å². The van der Waals surface area contributed by atoms with E-state index in [1.54, 1.807) is 0 Å². The van der Waals surface area contributed by atoms with E-state index in [0.29, 0.717) is 6.54 Å². The number of nitrogens with zero attached hydrogens (tertiary/aromatic N) is 3. The van der Waals surface area contributed by atoms with Crippen molar-refractivity contribution >= 4 is 17.5 Å². The summed E-state index contributed by atoms with van der Waals surface area (Å²) >= 11 is 0. The number of fused-ring (bicyclic) bond motifs is 2. The van der Waals surface area contributed by atoms with Crippen LogP contribution in [0.25, 0.3) is 0 Å². The van der Waals surface area contributed by atoms with Crippen molar-refractivity contribution in [3.05, 3.63) is 41.5 Å². The van der Waals surface area contributed by atoms with Crippen molar-refractivity contribution in [1.82, 2.24) is 20.1 Å². The van der Waals surface area contributed by atoms with Crippen molar-refractivity contribution in [3.63, 3.8) is 0 Å². The number of carbonyl (C=O) groups excluding carboxylic acids is 2. The minimum Gasteiger partial charge on any atom is -0.352 e. The molecule has 7 nitrogen and oxygen atoms in total. The highest BCUT2D eigenvalue weighted by atomic mass is 16.2. The molecule has 0 fully saturated rings. The van der Waals surface area contributed by atoms with Gasteiger partial charge in [0, 0.05) is 31.1 Å². The summed E-state index contributed by atoms with van der Waals surface area (Å²) in [6, 6.07) is 7.59. The molecule has 2 aliphatic rings. The zero-order chi connectivity index (χ0) is 16.7. The molecule has 2 aromatic rings. The van der Waals surface area contributed by atoms with E-state index in [1.165, 1.54) is 0 Å². The number of para-hydroxylation sites is 1. The molecule has 0 saturated carbocycles. The van der Waals surface area contributed by atoms with Crippen molar-refractivity contribution in [2.45, 2.75) is 44.7 Å². The predicted molar refractivity (Wildman–Crippen MR) is 87.4 cm³/mol. The molecule has 0 radical (unpaired) electrons. The van der Waals surface area contributed by atoms with Crippen LogP contribution in [0.1, 0.15) is 36.0 Å². The van der Waals surface area contributed by atoms with Gasteiger partial charge in [-0.2, -0.15) is 0 Å². The Balaban J connectivity index is 1.41. The summed E-state index contributed by atoms with van der Waals surface area (Å²) in [7, 11) is 0. The van der Waals surface area contributed by atoms with Crippen LogP contribution >= 0.6 is 0 Å². The number of amides is 2. The molecule has 4 rings (SSSR count). The molecule has 2 atom stereocenters. The second-order valence-corrected chi connectivity index (χ2v) is 6.41. The molecule has 2 N–H and O–H groups in total. The van der Waals surface area contributed by atoms with E-state index in [1.807, 2.05) is 35.8 Å². The highest BCUT2D eigenvalue weighted by Crippen LogP contribution is 2.34. The molecule has 1 aromatic carbocycles. The molecule has 2 unspecified atom stereocenters. The van der Waals surface area contributed by atoms with E-state index in [9.17, 15) is 9.59 Å². The van der Waals surface area contributed by atoms with E-state index in [-0.39, 0.29) is 24.3 Å². The normalized spacial score (nSPS) is 21.8. The Morgan fingerprint density at radius 1 is 1.38 bits per heavy atom. The molecule has 2 aliphatic heterocycles. The maximum Gasteiger partial charge on any atom is 0.232 e. The Morgan fingerprint density at radius 3 is 3.08 bits per heavy atom. The Morgan fingerprint density at radius 2 is 2.21 bits per heavy atom. The fraction of sp³-hybridized carbons (Fsp3) is 0.412. The monoisotopic (exact) mass is 325 g/mol. The maximum atomic E-state index is 12.4. The molecule has 0 spiro atoms. The van der Waals surface area contributed by atoms with E-state index < -0.39 is 5.92 Å². The SMILES string of the molecule is Cc1nnc2n1CC(NC(=O)CC1C(=O)Nc3ccccc31)CC2. The van der Waals surface area contributed by atoms with Gasteiger partial charge in [-0.1, -0.05) is 18.2 Å². The van der Waals surface area contributed by atoms with Gasteiger partial charge in [0.05, 0.1) is 5.92 Å². The average molecular weight is 325 g/mol. The van der Waals surface area contributed by atoms with Crippen LogP contribution in [0.4, 0.5) is 5.69 Å². The number of anilines is 1. The predicted octanol–water partition coefficient (Wildman–Crippen LogP) is 1.14. The summed E-state index contributed by atoms with van der Waals surface area (Å²) in [6.07, 6.45) is 1.82. The van der Waals surface area contributed by atoms with Gasteiger partial charge in [-0.05, 0) is 25.0 Å². The second kappa shape index (κ2) is 5.74. The van der Waals surface area contributed by atoms with E-state index in [2.05, 4.69) is 20.8 Å². The third-order valence-corrected chi connectivity index (χ3v) is 4.80. The van der Waals surface area contributed by atoms with Gasteiger partial charge in [0.2, 0.25) is 11.8 Å². The summed E-state index contributed by atoms with van der Waals surface area (Å²) < 4.78 is 2.05. The first kappa shape index (κ1) is 14.9. The van der Waals surface area contributed by atoms with Crippen LogP contribution in [0.2, 0.25) is 0 Å². The minimum absolute atomic E-state index is 0.0550. The van der Waals surface area contributed by atoms with Crippen molar-refractivity contribution in [2.75, 3.05) is 5.32 Å². The lowest BCUT2D eigenvalue weighted by Crippen LogP contribution is -2.42. The van der Waals surface area contributed by atoms with Gasteiger partial charge in [0.15, 0.2) is 0 Å². The lowest BCUT2D eigenvalue weighted by molar-refractivity contribution is -0.125. The smallest absolute Gasteiger partial charge is 0.232 e. The molecule has 0 bridgehead atoms. The quantitative estimate of drug-likeness (QED) is 0.886. The molecule has 7 heteroatoms. The van der Waals surface area contributed by atoms with E-state index in [4.69, 9.17) is 0 Å². The number of carbonyl (C=O) groups is 2. The van der Waals surface area contributed by atoms with Crippen LogP contribution in [-0.2, 0) is 22.6 Å². The lowest BCUT2D eigenvalue weighted by atomic mass is 9.96. The maximum absolute atomic E-state index is 12.4. The molecular formula is C17H19N5O2. The third kappa shape index (κ3) is 2.55. The Kier molecular flexibility index (Phi) is 3.55. The summed E-state index contributed by atoms with van der Waals surface area (Å²) in [5, 5.41) is 14.1. The van der Waals surface area contributed by atoms with Crippen LogP contribution in [0.5, 0.6) is 0 Å². The van der Waals surface area contributed by atoms with E-state index >= 15 is 0 Å². The number of hydrogen-bond donors (Lipinski definition) is 2. The van der Waals surface area contributed by atoms with Crippen LogP contribution in [0, 0.1) is 6.92 Å². The average Bonchev–Trinajstić information content (AvgIpc) is 3.09. The topological polar surface area (TPSA) is 88.9 Å². The van der Waals surface area contributed by atoms with Gasteiger partial charge in [0.1, 0.15) is 11.6 Å². The number of aromatic nitrogens is 3. The Bertz CT molecular complexity index is 813. The number of rotatable bonds is 3. The molecule has 0 aliphatic carbocycles. The van der Waals surface area contributed by atoms with Crippen molar-refractivity contribution < 1.29 is 9.59 Å². The third-order valence-electron chi connectivity index (χ3n) is 4.80. The standard InChI is InChI=1S/C17H19N5O2/c1-10-20-21-15-7-6-11(9-22(10)15)18-16(23)8-13-12-4-2-3-5-14(12)19-17(13)24/h2-5,11,13H,6-9H2,1H3,(H,18,23)(H,19,24). The molecule has 3 heterocycles. The number of aryl methyl sites for hydroxylation is 2. The summed E-state index contributed by atoms with van der Waals surface area (Å²) in [4.78, 5) is 24.5. The van der Waals surface area contributed by atoms with Gasteiger partial charge in [0.25, 0.3) is 0 Å². The first-order chi connectivity index (χ1) is 11.6. The Hall–Kier alpha value is -2.70. The first-order valence-electron chi connectivity index (χ1n) is 8.19. The molecule has 2 amide bonds. The second-order valence-electron chi connectivity index (χ2n) is 6.41. The number of nitrogens with one attached hydrogen (secondary N) is 2. The summed E-state index contributed by atoms with van der Waals surface area (Å²) in [6.45, 7) is 2.61. The first-order valence-corrected chi connectivity index (χ1v) is 8.19. The largest absolute Gasteiger partial charge is 0.352 e. The van der Waals surface area contributed by atoms with E-state index in [0.717, 1.165) is 35.7 Å². The van der Waals surface area contributed by atoms with Crippen molar-refractivity contribution in [1.29, 1.82) is 0 Å².